The van der Waals surface area contributed by atoms with Crippen molar-refractivity contribution >= 4 is 17.9 Å². The third-order valence-electron chi connectivity index (χ3n) is 5.04. The standard InChI is InChI=1S/C23H22N2O4/c1-17(26)25-11-10-18-6-2-3-9-21(18)22(25)14-23(27)24(15-19-7-4-12-28-19)16-20-8-5-13-29-20/h2-13,22H,14-16H2,1H3/t22-/m1/s1. The highest BCUT2D eigenvalue weighted by Crippen LogP contribution is 2.33. The first-order chi connectivity index (χ1) is 14.1. The van der Waals surface area contributed by atoms with Crippen molar-refractivity contribution in [2.24, 2.45) is 0 Å². The summed E-state index contributed by atoms with van der Waals surface area (Å²) in [6.45, 7) is 2.17. The lowest BCUT2D eigenvalue weighted by Gasteiger charge is -2.33. The molecule has 0 fully saturated rings. The first kappa shape index (κ1) is 18.8. The van der Waals surface area contributed by atoms with Crippen molar-refractivity contribution in [3.63, 3.8) is 0 Å². The smallest absolute Gasteiger partial charge is 0.225 e. The van der Waals surface area contributed by atoms with Gasteiger partial charge in [-0.15, -0.1) is 0 Å². The summed E-state index contributed by atoms with van der Waals surface area (Å²) in [7, 11) is 0. The summed E-state index contributed by atoms with van der Waals surface area (Å²) in [5.41, 5.74) is 1.99. The molecule has 6 nitrogen and oxygen atoms in total. The summed E-state index contributed by atoms with van der Waals surface area (Å²) >= 11 is 0. The fourth-order valence-corrected chi connectivity index (χ4v) is 3.62. The molecule has 0 aliphatic carbocycles. The minimum Gasteiger partial charge on any atom is -0.467 e. The predicted molar refractivity (Wildman–Crippen MR) is 107 cm³/mol. The first-order valence-electron chi connectivity index (χ1n) is 9.50. The highest BCUT2D eigenvalue weighted by atomic mass is 16.3. The lowest BCUT2D eigenvalue weighted by molar-refractivity contribution is -0.136. The van der Waals surface area contributed by atoms with E-state index >= 15 is 0 Å². The third-order valence-corrected chi connectivity index (χ3v) is 5.04. The van der Waals surface area contributed by atoms with Crippen molar-refractivity contribution in [3.8, 4) is 0 Å². The van der Waals surface area contributed by atoms with Crippen LogP contribution in [-0.4, -0.2) is 21.6 Å². The van der Waals surface area contributed by atoms with Crippen LogP contribution in [0.4, 0.5) is 0 Å². The number of nitrogens with zero attached hydrogens (tertiary/aromatic N) is 2. The molecule has 0 unspecified atom stereocenters. The zero-order chi connectivity index (χ0) is 20.2. The second-order valence-corrected chi connectivity index (χ2v) is 7.00. The van der Waals surface area contributed by atoms with Crippen LogP contribution in [0.2, 0.25) is 0 Å². The van der Waals surface area contributed by atoms with Crippen molar-refractivity contribution in [2.45, 2.75) is 32.5 Å². The van der Waals surface area contributed by atoms with Gasteiger partial charge in [-0.2, -0.15) is 0 Å². The molecule has 0 saturated carbocycles. The maximum Gasteiger partial charge on any atom is 0.225 e. The molecule has 3 heterocycles. The van der Waals surface area contributed by atoms with Crippen molar-refractivity contribution in [2.75, 3.05) is 0 Å². The number of fused-ring (bicyclic) bond motifs is 1. The van der Waals surface area contributed by atoms with Crippen LogP contribution in [0.5, 0.6) is 0 Å². The summed E-state index contributed by atoms with van der Waals surface area (Å²) in [6, 6.07) is 14.8. The number of benzene rings is 1. The Morgan fingerprint density at radius 1 is 0.966 bits per heavy atom. The van der Waals surface area contributed by atoms with E-state index in [9.17, 15) is 9.59 Å². The van der Waals surface area contributed by atoms with Gasteiger partial charge in [-0.1, -0.05) is 24.3 Å². The van der Waals surface area contributed by atoms with E-state index in [1.54, 1.807) is 40.7 Å². The Balaban J connectivity index is 1.59. The average Bonchev–Trinajstić information content (AvgIpc) is 3.41. The topological polar surface area (TPSA) is 66.9 Å². The van der Waals surface area contributed by atoms with Crippen molar-refractivity contribution in [1.82, 2.24) is 9.80 Å². The Hall–Kier alpha value is -3.54. The minimum atomic E-state index is -0.350. The van der Waals surface area contributed by atoms with Gasteiger partial charge in [0, 0.05) is 13.1 Å². The molecule has 0 bridgehead atoms. The number of carbonyl (C=O) groups excluding carboxylic acids is 2. The summed E-state index contributed by atoms with van der Waals surface area (Å²) < 4.78 is 10.9. The van der Waals surface area contributed by atoms with Crippen molar-refractivity contribution in [1.29, 1.82) is 0 Å². The zero-order valence-electron chi connectivity index (χ0n) is 16.2. The average molecular weight is 390 g/mol. The van der Waals surface area contributed by atoms with E-state index in [1.807, 2.05) is 42.5 Å². The van der Waals surface area contributed by atoms with Crippen molar-refractivity contribution < 1.29 is 18.4 Å². The number of hydrogen-bond acceptors (Lipinski definition) is 4. The van der Waals surface area contributed by atoms with Crippen LogP contribution in [0, 0.1) is 0 Å². The molecule has 0 radical (unpaired) electrons. The van der Waals surface area contributed by atoms with Gasteiger partial charge in [0.2, 0.25) is 11.8 Å². The van der Waals surface area contributed by atoms with Gasteiger partial charge in [-0.25, -0.2) is 0 Å². The van der Waals surface area contributed by atoms with Gasteiger partial charge in [-0.3, -0.25) is 9.59 Å². The Morgan fingerprint density at radius 3 is 2.21 bits per heavy atom. The van der Waals surface area contributed by atoms with Gasteiger partial charge >= 0.3 is 0 Å². The van der Waals surface area contributed by atoms with Crippen LogP contribution in [0.15, 0.2) is 76.1 Å². The Morgan fingerprint density at radius 2 is 1.62 bits per heavy atom. The predicted octanol–water partition coefficient (Wildman–Crippen LogP) is 4.37. The van der Waals surface area contributed by atoms with E-state index in [0.717, 1.165) is 11.1 Å². The normalized spacial score (nSPS) is 15.2. The maximum absolute atomic E-state index is 13.3. The van der Waals surface area contributed by atoms with Gasteiger partial charge in [0.25, 0.3) is 0 Å². The molecule has 3 aromatic rings. The molecule has 148 valence electrons. The molecule has 29 heavy (non-hydrogen) atoms. The molecule has 1 atom stereocenters. The van der Waals surface area contributed by atoms with Gasteiger partial charge in [0.15, 0.2) is 0 Å². The highest BCUT2D eigenvalue weighted by Gasteiger charge is 2.30. The molecular formula is C23H22N2O4. The first-order valence-corrected chi connectivity index (χ1v) is 9.50. The second kappa shape index (κ2) is 8.22. The maximum atomic E-state index is 13.3. The fraction of sp³-hybridized carbons (Fsp3) is 0.217. The summed E-state index contributed by atoms with van der Waals surface area (Å²) in [5.74, 6) is 1.20. The Kier molecular flexibility index (Phi) is 5.33. The number of furan rings is 2. The number of hydrogen-bond donors (Lipinski definition) is 0. The van der Waals surface area contributed by atoms with Gasteiger partial charge in [-0.05, 0) is 41.5 Å². The molecule has 2 amide bonds. The SMILES string of the molecule is CC(=O)N1C=Cc2ccccc2[C@H]1CC(=O)N(Cc1ccco1)Cc1ccco1. The van der Waals surface area contributed by atoms with E-state index < -0.39 is 0 Å². The molecule has 0 N–H and O–H groups in total. The number of amides is 2. The van der Waals surface area contributed by atoms with Crippen LogP contribution in [0.3, 0.4) is 0 Å². The Bertz CT molecular complexity index is 969. The molecule has 1 aliphatic heterocycles. The summed E-state index contributed by atoms with van der Waals surface area (Å²) in [4.78, 5) is 28.8. The monoisotopic (exact) mass is 390 g/mol. The van der Waals surface area contributed by atoms with Crippen LogP contribution in [-0.2, 0) is 22.7 Å². The van der Waals surface area contributed by atoms with Crippen LogP contribution >= 0.6 is 0 Å². The van der Waals surface area contributed by atoms with E-state index in [-0.39, 0.29) is 24.3 Å². The van der Waals surface area contributed by atoms with Crippen LogP contribution in [0.25, 0.3) is 6.08 Å². The zero-order valence-corrected chi connectivity index (χ0v) is 16.2. The molecule has 6 heteroatoms. The van der Waals surface area contributed by atoms with Gasteiger partial charge in [0.1, 0.15) is 11.5 Å². The molecule has 1 aliphatic rings. The minimum absolute atomic E-state index is 0.0841. The van der Waals surface area contributed by atoms with E-state index in [2.05, 4.69) is 0 Å². The molecule has 1 aromatic carbocycles. The quantitative estimate of drug-likeness (QED) is 0.627. The molecule has 2 aromatic heterocycles. The molecular weight excluding hydrogens is 368 g/mol. The largest absolute Gasteiger partial charge is 0.467 e. The molecule has 0 spiro atoms. The lowest BCUT2D eigenvalue weighted by Crippen LogP contribution is -2.37. The van der Waals surface area contributed by atoms with Crippen LogP contribution in [0.1, 0.15) is 42.0 Å². The van der Waals surface area contributed by atoms with E-state index in [4.69, 9.17) is 8.83 Å². The van der Waals surface area contributed by atoms with Gasteiger partial charge in [0.05, 0.1) is 38.1 Å². The summed E-state index contributed by atoms with van der Waals surface area (Å²) in [6.07, 6.45) is 7.00. The van der Waals surface area contributed by atoms with Crippen molar-refractivity contribution in [3.05, 3.63) is 89.9 Å². The van der Waals surface area contributed by atoms with E-state index in [0.29, 0.717) is 24.6 Å². The molecule has 0 saturated heterocycles. The summed E-state index contributed by atoms with van der Waals surface area (Å²) in [5, 5.41) is 0. The third kappa shape index (κ3) is 4.16. The number of carbonyl (C=O) groups is 2. The lowest BCUT2D eigenvalue weighted by atomic mass is 9.93. The number of rotatable bonds is 6. The Labute approximate surface area is 169 Å². The molecule has 4 rings (SSSR count). The van der Waals surface area contributed by atoms with E-state index in [1.165, 1.54) is 6.92 Å². The fourth-order valence-electron chi connectivity index (χ4n) is 3.62. The highest BCUT2D eigenvalue weighted by molar-refractivity contribution is 5.82. The van der Waals surface area contributed by atoms with Gasteiger partial charge < -0.3 is 18.6 Å². The second-order valence-electron chi connectivity index (χ2n) is 7.00. The van der Waals surface area contributed by atoms with Crippen LogP contribution < -0.4 is 0 Å².